The third-order valence-corrected chi connectivity index (χ3v) is 4.40. The number of phenols is 1. The number of aromatic hydroxyl groups is 1. The second-order valence-corrected chi connectivity index (χ2v) is 7.21. The van der Waals surface area contributed by atoms with Gasteiger partial charge in [-0.1, -0.05) is 58.0 Å². The molecule has 0 heterocycles. The van der Waals surface area contributed by atoms with Gasteiger partial charge >= 0.3 is 0 Å². The van der Waals surface area contributed by atoms with Crippen LogP contribution in [0.3, 0.4) is 0 Å². The van der Waals surface area contributed by atoms with E-state index in [9.17, 15) is 5.11 Å². The predicted molar refractivity (Wildman–Crippen MR) is 109 cm³/mol. The third-order valence-electron chi connectivity index (χ3n) is 4.40. The van der Waals surface area contributed by atoms with Gasteiger partial charge in [-0.05, 0) is 53.5 Å². The predicted octanol–water partition coefficient (Wildman–Crippen LogP) is 6.43. The molecule has 0 spiro atoms. The van der Waals surface area contributed by atoms with Crippen LogP contribution in [0.1, 0.15) is 67.3 Å². The molecule has 2 heteroatoms. The monoisotopic (exact) mass is 335 g/mol. The van der Waals surface area contributed by atoms with Crippen LogP contribution in [-0.2, 0) is 6.42 Å². The van der Waals surface area contributed by atoms with Crippen molar-refractivity contribution < 1.29 is 5.11 Å². The Kier molecular flexibility index (Phi) is 6.19. The molecule has 2 nitrogen and oxygen atoms in total. The summed E-state index contributed by atoms with van der Waals surface area (Å²) in [7, 11) is 0. The molecule has 132 valence electrons. The molecule has 0 atom stereocenters. The van der Waals surface area contributed by atoms with Crippen LogP contribution in [0.5, 0.6) is 5.75 Å². The van der Waals surface area contributed by atoms with E-state index in [-0.39, 0.29) is 0 Å². The molecule has 0 bridgehead atoms. The van der Waals surface area contributed by atoms with E-state index in [4.69, 9.17) is 4.99 Å². The molecule has 1 N–H and O–H groups in total. The van der Waals surface area contributed by atoms with Crippen LogP contribution in [0.2, 0.25) is 0 Å². The van der Waals surface area contributed by atoms with Gasteiger partial charge in [-0.3, -0.25) is 4.99 Å². The van der Waals surface area contributed by atoms with Crippen molar-refractivity contribution in [2.45, 2.75) is 52.9 Å². The van der Waals surface area contributed by atoms with Crippen molar-refractivity contribution in [2.75, 3.05) is 0 Å². The van der Waals surface area contributed by atoms with Crippen LogP contribution in [0, 0.1) is 6.92 Å². The molecule has 0 saturated carbocycles. The Labute approximate surface area is 152 Å². The number of para-hydroxylation sites is 1. The highest BCUT2D eigenvalue weighted by Crippen LogP contribution is 2.35. The lowest BCUT2D eigenvalue weighted by molar-refractivity contribution is 0.468. The average molecular weight is 335 g/mol. The molecule has 0 aliphatic rings. The first-order valence-corrected chi connectivity index (χ1v) is 8.95. The quantitative estimate of drug-likeness (QED) is 0.479. The Morgan fingerprint density at radius 3 is 2.20 bits per heavy atom. The molecule has 0 aliphatic heterocycles. The lowest BCUT2D eigenvalue weighted by atomic mass is 9.93. The Morgan fingerprint density at radius 2 is 1.68 bits per heavy atom. The highest BCUT2D eigenvalue weighted by molar-refractivity contribution is 5.87. The largest absolute Gasteiger partial charge is 0.507 e. The first kappa shape index (κ1) is 19.0. The van der Waals surface area contributed by atoms with Gasteiger partial charge in [-0.25, -0.2) is 0 Å². The molecule has 2 aromatic carbocycles. The minimum absolute atomic E-state index is 0.294. The van der Waals surface area contributed by atoms with Gasteiger partial charge in [0, 0.05) is 11.8 Å². The van der Waals surface area contributed by atoms with Crippen molar-refractivity contribution >= 4 is 11.9 Å². The van der Waals surface area contributed by atoms with Gasteiger partial charge in [-0.15, -0.1) is 6.58 Å². The maximum Gasteiger partial charge on any atom is 0.127 e. The number of aliphatic imine (C=N–C) groups is 1. The van der Waals surface area contributed by atoms with Gasteiger partial charge in [0.25, 0.3) is 0 Å². The van der Waals surface area contributed by atoms with Gasteiger partial charge in [0.15, 0.2) is 0 Å². The fourth-order valence-electron chi connectivity index (χ4n) is 3.09. The van der Waals surface area contributed by atoms with E-state index in [0.29, 0.717) is 24.0 Å². The molecule has 0 aliphatic carbocycles. The zero-order chi connectivity index (χ0) is 18.6. The van der Waals surface area contributed by atoms with Gasteiger partial charge in [0.05, 0.1) is 5.69 Å². The van der Waals surface area contributed by atoms with Crippen molar-refractivity contribution in [3.8, 4) is 5.75 Å². The van der Waals surface area contributed by atoms with Crippen LogP contribution in [0.4, 0.5) is 5.69 Å². The van der Waals surface area contributed by atoms with Crippen LogP contribution in [0.25, 0.3) is 0 Å². The first-order chi connectivity index (χ1) is 11.8. The van der Waals surface area contributed by atoms with Crippen LogP contribution in [0.15, 0.2) is 48.0 Å². The maximum atomic E-state index is 10.5. The molecule has 25 heavy (non-hydrogen) atoms. The minimum atomic E-state index is 0.294. The van der Waals surface area contributed by atoms with Crippen molar-refractivity contribution in [1.29, 1.82) is 0 Å². The summed E-state index contributed by atoms with van der Waals surface area (Å²) in [6, 6.07) is 10.4. The molecule has 0 radical (unpaired) electrons. The summed E-state index contributed by atoms with van der Waals surface area (Å²) < 4.78 is 0. The lowest BCUT2D eigenvalue weighted by Crippen LogP contribution is -1.96. The van der Waals surface area contributed by atoms with Crippen molar-refractivity contribution in [3.05, 3.63) is 70.8 Å². The highest BCUT2D eigenvalue weighted by Gasteiger charge is 2.13. The zero-order valence-corrected chi connectivity index (χ0v) is 16.0. The summed E-state index contributed by atoms with van der Waals surface area (Å²) >= 11 is 0. The smallest absolute Gasteiger partial charge is 0.127 e. The summed E-state index contributed by atoms with van der Waals surface area (Å²) in [6.07, 6.45) is 4.25. The summed E-state index contributed by atoms with van der Waals surface area (Å²) in [6.45, 7) is 14.5. The van der Waals surface area contributed by atoms with Crippen molar-refractivity contribution in [1.82, 2.24) is 0 Å². The molecule has 0 unspecified atom stereocenters. The van der Waals surface area contributed by atoms with Gasteiger partial charge in [0.1, 0.15) is 5.75 Å². The Bertz CT molecular complexity index is 759. The molecule has 0 fully saturated rings. The fourth-order valence-corrected chi connectivity index (χ4v) is 3.09. The van der Waals surface area contributed by atoms with Crippen molar-refractivity contribution in [3.63, 3.8) is 0 Å². The number of phenolic OH excluding ortho intramolecular Hbond substituents is 1. The Morgan fingerprint density at radius 1 is 1.08 bits per heavy atom. The summed E-state index contributed by atoms with van der Waals surface area (Å²) in [5, 5.41) is 10.5. The van der Waals surface area contributed by atoms with E-state index in [2.05, 4.69) is 52.5 Å². The minimum Gasteiger partial charge on any atom is -0.507 e. The molecule has 0 amide bonds. The lowest BCUT2D eigenvalue weighted by Gasteiger charge is -2.16. The molecular formula is C23H29NO. The summed E-state index contributed by atoms with van der Waals surface area (Å²) in [5.74, 6) is 1.09. The number of aryl methyl sites for hydroxylation is 1. The summed E-state index contributed by atoms with van der Waals surface area (Å²) in [4.78, 5) is 4.81. The van der Waals surface area contributed by atoms with Crippen LogP contribution >= 0.6 is 0 Å². The molecule has 0 saturated heterocycles. The first-order valence-electron chi connectivity index (χ1n) is 8.95. The molecule has 0 aromatic heterocycles. The molecule has 2 aromatic rings. The topological polar surface area (TPSA) is 32.6 Å². The second-order valence-electron chi connectivity index (χ2n) is 7.21. The van der Waals surface area contributed by atoms with Crippen LogP contribution < -0.4 is 0 Å². The zero-order valence-electron chi connectivity index (χ0n) is 16.0. The number of hydrogen-bond donors (Lipinski definition) is 1. The van der Waals surface area contributed by atoms with E-state index in [0.717, 1.165) is 22.4 Å². The van der Waals surface area contributed by atoms with Crippen molar-refractivity contribution in [2.24, 2.45) is 4.99 Å². The third kappa shape index (κ3) is 4.39. The SMILES string of the molecule is C=CCc1cc(C)cc(C=Nc2c(C(C)C)cccc2C(C)C)c1O. The maximum absolute atomic E-state index is 10.5. The van der Waals surface area contributed by atoms with E-state index < -0.39 is 0 Å². The summed E-state index contributed by atoms with van der Waals surface area (Å²) in [5.41, 5.74) is 6.25. The van der Waals surface area contributed by atoms with E-state index in [1.54, 1.807) is 12.3 Å². The standard InChI is InChI=1S/C23H29NO/c1-7-9-18-12-17(6)13-19(23(18)25)14-24-22-20(15(2)3)10-8-11-21(22)16(4)5/h7-8,10-16,25H,1,9H2,2-6H3. The fraction of sp³-hybridized carbons (Fsp3) is 0.348. The Balaban J connectivity index is 2.55. The Hall–Kier alpha value is -2.35. The normalized spacial score (nSPS) is 11.6. The number of hydrogen-bond acceptors (Lipinski definition) is 2. The number of benzene rings is 2. The second kappa shape index (κ2) is 8.15. The average Bonchev–Trinajstić information content (AvgIpc) is 2.56. The van der Waals surface area contributed by atoms with Crippen LogP contribution in [-0.4, -0.2) is 11.3 Å². The van der Waals surface area contributed by atoms with E-state index in [1.165, 1.54) is 11.1 Å². The van der Waals surface area contributed by atoms with Gasteiger partial charge in [-0.2, -0.15) is 0 Å². The van der Waals surface area contributed by atoms with Gasteiger partial charge < -0.3 is 5.11 Å². The molecule has 2 rings (SSSR count). The number of allylic oxidation sites excluding steroid dienone is 1. The molecular weight excluding hydrogens is 306 g/mol. The number of nitrogens with zero attached hydrogens (tertiary/aromatic N) is 1. The highest BCUT2D eigenvalue weighted by atomic mass is 16.3. The number of rotatable bonds is 6. The van der Waals surface area contributed by atoms with E-state index in [1.807, 2.05) is 19.1 Å². The van der Waals surface area contributed by atoms with E-state index >= 15 is 0 Å². The van der Waals surface area contributed by atoms with Gasteiger partial charge in [0.2, 0.25) is 0 Å².